The minimum atomic E-state index is -2.47. The Labute approximate surface area is 93.0 Å². The minimum absolute atomic E-state index is 0.0108. The van der Waals surface area contributed by atoms with E-state index in [1.165, 1.54) is 0 Å². The minimum Gasteiger partial charge on any atom is -0.302 e. The molecule has 2 atom stereocenters. The highest BCUT2D eigenvalue weighted by Crippen LogP contribution is 2.47. The van der Waals surface area contributed by atoms with Crippen molar-refractivity contribution >= 4 is 18.0 Å². The van der Waals surface area contributed by atoms with Crippen LogP contribution in [0, 0.1) is 5.92 Å². The Kier molecular flexibility index (Phi) is 3.06. The van der Waals surface area contributed by atoms with E-state index in [9.17, 15) is 13.6 Å². The van der Waals surface area contributed by atoms with Gasteiger partial charge in [-0.05, 0) is 37.4 Å². The quantitative estimate of drug-likeness (QED) is 0.697. The van der Waals surface area contributed by atoms with Gasteiger partial charge in [0.25, 0.3) is 0 Å². The molecule has 0 bridgehead atoms. The first kappa shape index (κ1) is 11.4. The third-order valence-electron chi connectivity index (χ3n) is 3.49. The van der Waals surface area contributed by atoms with E-state index in [1.54, 1.807) is 11.8 Å². The Hall–Kier alpha value is -0.120. The van der Waals surface area contributed by atoms with Gasteiger partial charge < -0.3 is 4.79 Å². The molecule has 1 aliphatic heterocycles. The molecule has 15 heavy (non-hydrogen) atoms. The van der Waals surface area contributed by atoms with E-state index in [-0.39, 0.29) is 23.5 Å². The molecule has 0 spiro atoms. The summed E-state index contributed by atoms with van der Waals surface area (Å²) in [6, 6.07) is 0. The molecule has 0 aromatic rings. The number of rotatable bonds is 3. The molecule has 1 saturated heterocycles. The largest absolute Gasteiger partial charge is 0.302 e. The molecule has 0 N–H and O–H groups in total. The van der Waals surface area contributed by atoms with Gasteiger partial charge in [-0.2, -0.15) is 0 Å². The lowest BCUT2D eigenvalue weighted by Crippen LogP contribution is -2.26. The van der Waals surface area contributed by atoms with Gasteiger partial charge in [-0.25, -0.2) is 8.78 Å². The fourth-order valence-corrected chi connectivity index (χ4v) is 4.13. The Morgan fingerprint density at radius 3 is 2.67 bits per heavy atom. The molecule has 1 aliphatic carbocycles. The molecule has 0 aromatic heterocycles. The van der Waals surface area contributed by atoms with Crippen molar-refractivity contribution in [2.75, 3.05) is 5.75 Å². The number of thioether (sulfide) groups is 1. The van der Waals surface area contributed by atoms with E-state index in [2.05, 4.69) is 0 Å². The van der Waals surface area contributed by atoms with E-state index in [0.29, 0.717) is 12.8 Å². The van der Waals surface area contributed by atoms with Crippen LogP contribution in [-0.4, -0.2) is 22.7 Å². The average Bonchev–Trinajstić information content (AvgIpc) is 2.75. The smallest absolute Gasteiger partial charge is 0.248 e. The molecule has 4 heteroatoms. The lowest BCUT2D eigenvalue weighted by atomic mass is 9.90. The molecular formula is C11H16F2OS. The Balaban J connectivity index is 1.94. The van der Waals surface area contributed by atoms with Crippen LogP contribution in [0.2, 0.25) is 0 Å². The predicted octanol–water partition coefficient (Wildman–Crippen LogP) is 3.28. The first-order valence-electron chi connectivity index (χ1n) is 5.53. The van der Waals surface area contributed by atoms with Gasteiger partial charge in [0.2, 0.25) is 5.92 Å². The van der Waals surface area contributed by atoms with E-state index >= 15 is 0 Å². The molecule has 2 rings (SSSR count). The van der Waals surface area contributed by atoms with Gasteiger partial charge in [0.05, 0.1) is 4.75 Å². The maximum atomic E-state index is 13.0. The number of hydrogen-bond donors (Lipinski definition) is 0. The number of halogens is 2. The van der Waals surface area contributed by atoms with Gasteiger partial charge in [0.15, 0.2) is 0 Å². The molecule has 0 aromatic carbocycles. The summed E-state index contributed by atoms with van der Waals surface area (Å²) in [4.78, 5) is 11.1. The van der Waals surface area contributed by atoms with Crippen LogP contribution < -0.4 is 0 Å². The van der Waals surface area contributed by atoms with Crippen LogP contribution in [0.5, 0.6) is 0 Å². The fourth-order valence-electron chi connectivity index (χ4n) is 2.73. The highest BCUT2D eigenvalue weighted by Gasteiger charge is 2.44. The van der Waals surface area contributed by atoms with Crippen LogP contribution in [0.15, 0.2) is 0 Å². The second-order valence-corrected chi connectivity index (χ2v) is 6.31. The Morgan fingerprint density at radius 1 is 1.40 bits per heavy atom. The van der Waals surface area contributed by atoms with Gasteiger partial charge in [0.1, 0.15) is 6.29 Å². The molecule has 0 radical (unpaired) electrons. The summed E-state index contributed by atoms with van der Waals surface area (Å²) < 4.78 is 25.7. The highest BCUT2D eigenvalue weighted by atomic mass is 32.2. The first-order chi connectivity index (χ1) is 7.05. The summed E-state index contributed by atoms with van der Waals surface area (Å²) in [6.07, 6.45) is 4.18. The number of carbonyl (C=O) groups is 1. The van der Waals surface area contributed by atoms with Crippen molar-refractivity contribution in [1.29, 1.82) is 0 Å². The van der Waals surface area contributed by atoms with Crippen molar-refractivity contribution < 1.29 is 13.6 Å². The summed E-state index contributed by atoms with van der Waals surface area (Å²) in [7, 11) is 0. The Morgan fingerprint density at radius 2 is 2.20 bits per heavy atom. The van der Waals surface area contributed by atoms with Crippen LogP contribution in [-0.2, 0) is 4.79 Å². The van der Waals surface area contributed by atoms with Crippen molar-refractivity contribution in [3.05, 3.63) is 0 Å². The van der Waals surface area contributed by atoms with Crippen molar-refractivity contribution in [2.24, 2.45) is 5.92 Å². The first-order valence-corrected chi connectivity index (χ1v) is 6.52. The molecule has 0 amide bonds. The van der Waals surface area contributed by atoms with Crippen molar-refractivity contribution in [3.8, 4) is 0 Å². The predicted molar refractivity (Wildman–Crippen MR) is 57.4 cm³/mol. The molecule has 2 aliphatic rings. The third kappa shape index (κ3) is 2.52. The summed E-state index contributed by atoms with van der Waals surface area (Å²) in [5.74, 6) is -1.42. The zero-order valence-corrected chi connectivity index (χ0v) is 9.49. The van der Waals surface area contributed by atoms with E-state index in [4.69, 9.17) is 0 Å². The van der Waals surface area contributed by atoms with Crippen molar-refractivity contribution in [1.82, 2.24) is 0 Å². The van der Waals surface area contributed by atoms with Crippen LogP contribution in [0.25, 0.3) is 0 Å². The second kappa shape index (κ2) is 4.04. The molecule has 1 heterocycles. The standard InChI is InChI=1S/C11H16F2OS/c12-11(13)4-2-9(7-11)6-10(8-14)3-1-5-15-10/h8-9H,1-7H2. The van der Waals surface area contributed by atoms with Gasteiger partial charge in [-0.3, -0.25) is 0 Å². The highest BCUT2D eigenvalue weighted by molar-refractivity contribution is 8.01. The number of alkyl halides is 2. The summed E-state index contributed by atoms with van der Waals surface area (Å²) in [6.45, 7) is 0. The zero-order chi connectivity index (χ0) is 10.9. The molecule has 2 unspecified atom stereocenters. The van der Waals surface area contributed by atoms with Gasteiger partial charge in [-0.1, -0.05) is 0 Å². The summed E-state index contributed by atoms with van der Waals surface area (Å²) in [5.41, 5.74) is 0. The maximum absolute atomic E-state index is 13.0. The van der Waals surface area contributed by atoms with Gasteiger partial charge in [0, 0.05) is 12.8 Å². The van der Waals surface area contributed by atoms with E-state index in [1.807, 2.05) is 0 Å². The van der Waals surface area contributed by atoms with E-state index in [0.717, 1.165) is 24.9 Å². The Bertz CT molecular complexity index is 249. The second-order valence-electron chi connectivity index (χ2n) is 4.80. The van der Waals surface area contributed by atoms with Gasteiger partial charge >= 0.3 is 0 Å². The normalized spacial score (nSPS) is 39.5. The molecule has 2 fully saturated rings. The van der Waals surface area contributed by atoms with Crippen molar-refractivity contribution in [2.45, 2.75) is 49.2 Å². The summed E-state index contributed by atoms with van der Waals surface area (Å²) >= 11 is 1.66. The number of hydrogen-bond acceptors (Lipinski definition) is 2. The SMILES string of the molecule is O=CC1(CC2CCC(F)(F)C2)CCCS1. The zero-order valence-electron chi connectivity index (χ0n) is 8.68. The maximum Gasteiger partial charge on any atom is 0.248 e. The molecule has 86 valence electrons. The topological polar surface area (TPSA) is 17.1 Å². The monoisotopic (exact) mass is 234 g/mol. The van der Waals surface area contributed by atoms with Crippen LogP contribution in [0.3, 0.4) is 0 Å². The van der Waals surface area contributed by atoms with Crippen molar-refractivity contribution in [3.63, 3.8) is 0 Å². The number of carbonyl (C=O) groups excluding carboxylic acids is 1. The average molecular weight is 234 g/mol. The fraction of sp³-hybridized carbons (Fsp3) is 0.909. The van der Waals surface area contributed by atoms with E-state index < -0.39 is 5.92 Å². The molecular weight excluding hydrogens is 218 g/mol. The summed E-state index contributed by atoms with van der Waals surface area (Å²) in [5, 5.41) is 0. The van der Waals surface area contributed by atoms with Crippen LogP contribution >= 0.6 is 11.8 Å². The lowest BCUT2D eigenvalue weighted by Gasteiger charge is -2.24. The van der Waals surface area contributed by atoms with Crippen LogP contribution in [0.1, 0.15) is 38.5 Å². The molecule has 1 nitrogen and oxygen atoms in total. The third-order valence-corrected chi connectivity index (χ3v) is 5.02. The lowest BCUT2D eigenvalue weighted by molar-refractivity contribution is -0.110. The number of aldehydes is 1. The molecule has 1 saturated carbocycles. The van der Waals surface area contributed by atoms with Gasteiger partial charge in [-0.15, -0.1) is 11.8 Å². The van der Waals surface area contributed by atoms with Crippen LogP contribution in [0.4, 0.5) is 8.78 Å².